The molecule has 1 aliphatic heterocycles. The van der Waals surface area contributed by atoms with Gasteiger partial charge in [-0.2, -0.15) is 10.1 Å². The molecule has 1 atom stereocenters. The van der Waals surface area contributed by atoms with Crippen LogP contribution < -0.4 is 5.32 Å². The van der Waals surface area contributed by atoms with Crippen molar-refractivity contribution in [1.82, 2.24) is 14.8 Å². The minimum Gasteiger partial charge on any atom is -0.324 e. The van der Waals surface area contributed by atoms with Crippen molar-refractivity contribution in [2.75, 3.05) is 5.32 Å². The molecule has 0 saturated carbocycles. The number of allylic oxidation sites excluding steroid dienone is 1. The highest BCUT2D eigenvalue weighted by molar-refractivity contribution is 6.30. The summed E-state index contributed by atoms with van der Waals surface area (Å²) in [5.74, 6) is 0.739. The Hall–Kier alpha value is -2.59. The van der Waals surface area contributed by atoms with Crippen molar-refractivity contribution >= 4 is 23.2 Å². The number of rotatable bonds is 2. The fourth-order valence-corrected chi connectivity index (χ4v) is 2.86. The molecular formula is C18H15ClN4. The molecule has 0 bridgehead atoms. The van der Waals surface area contributed by atoms with E-state index >= 15 is 0 Å². The van der Waals surface area contributed by atoms with Gasteiger partial charge in [-0.05, 0) is 36.3 Å². The molecule has 0 saturated heterocycles. The largest absolute Gasteiger partial charge is 0.324 e. The van der Waals surface area contributed by atoms with E-state index in [-0.39, 0.29) is 6.04 Å². The lowest BCUT2D eigenvalue weighted by Gasteiger charge is -2.24. The highest BCUT2D eigenvalue weighted by Crippen LogP contribution is 2.32. The zero-order valence-corrected chi connectivity index (χ0v) is 13.3. The maximum absolute atomic E-state index is 6.01. The lowest BCUT2D eigenvalue weighted by molar-refractivity contribution is 0.612. The topological polar surface area (TPSA) is 42.7 Å². The van der Waals surface area contributed by atoms with Crippen LogP contribution in [0.25, 0.3) is 5.70 Å². The molecule has 0 radical (unpaired) electrons. The molecule has 114 valence electrons. The quantitative estimate of drug-likeness (QED) is 0.765. The lowest BCUT2D eigenvalue weighted by Crippen LogP contribution is -2.20. The first-order valence-electron chi connectivity index (χ1n) is 7.41. The highest BCUT2D eigenvalue weighted by atomic mass is 35.5. The van der Waals surface area contributed by atoms with Gasteiger partial charge in [0.15, 0.2) is 0 Å². The van der Waals surface area contributed by atoms with E-state index < -0.39 is 0 Å². The summed E-state index contributed by atoms with van der Waals surface area (Å²) < 4.78 is 1.88. The number of benzene rings is 2. The second kappa shape index (κ2) is 5.56. The summed E-state index contributed by atoms with van der Waals surface area (Å²) in [5, 5.41) is 8.42. The van der Waals surface area contributed by atoms with Crippen LogP contribution in [0.5, 0.6) is 0 Å². The normalized spacial score (nSPS) is 16.4. The monoisotopic (exact) mass is 322 g/mol. The number of aromatic nitrogens is 3. The van der Waals surface area contributed by atoms with E-state index in [9.17, 15) is 0 Å². The number of anilines is 1. The van der Waals surface area contributed by atoms with E-state index in [1.165, 1.54) is 5.56 Å². The molecule has 0 amide bonds. The SMILES string of the molecule is Cc1ccc(C2=CC(c3ccc(Cl)cc3)n3ncnc3N2)cc1. The van der Waals surface area contributed by atoms with Gasteiger partial charge < -0.3 is 5.32 Å². The molecule has 0 aliphatic carbocycles. The first-order valence-corrected chi connectivity index (χ1v) is 7.79. The van der Waals surface area contributed by atoms with E-state index in [1.54, 1.807) is 6.33 Å². The molecule has 5 heteroatoms. The molecule has 0 spiro atoms. The predicted octanol–water partition coefficient (Wildman–Crippen LogP) is 4.30. The Morgan fingerprint density at radius 3 is 2.52 bits per heavy atom. The smallest absolute Gasteiger partial charge is 0.226 e. The Morgan fingerprint density at radius 1 is 1.04 bits per heavy atom. The summed E-state index contributed by atoms with van der Waals surface area (Å²) in [6.07, 6.45) is 3.73. The van der Waals surface area contributed by atoms with Crippen molar-refractivity contribution in [3.05, 3.63) is 82.6 Å². The van der Waals surface area contributed by atoms with Crippen molar-refractivity contribution in [2.45, 2.75) is 13.0 Å². The number of hydrogen-bond acceptors (Lipinski definition) is 3. The van der Waals surface area contributed by atoms with Gasteiger partial charge in [0, 0.05) is 10.7 Å². The summed E-state index contributed by atoms with van der Waals surface area (Å²) in [6, 6.07) is 16.3. The van der Waals surface area contributed by atoms with Crippen molar-refractivity contribution < 1.29 is 0 Å². The summed E-state index contributed by atoms with van der Waals surface area (Å²) in [7, 11) is 0. The Morgan fingerprint density at radius 2 is 1.78 bits per heavy atom. The average molecular weight is 323 g/mol. The Kier molecular flexibility index (Phi) is 3.39. The second-order valence-electron chi connectivity index (χ2n) is 5.60. The number of halogens is 1. The van der Waals surface area contributed by atoms with Crippen LogP contribution in [0, 0.1) is 6.92 Å². The van der Waals surface area contributed by atoms with Crippen molar-refractivity contribution in [3.63, 3.8) is 0 Å². The number of hydrogen-bond donors (Lipinski definition) is 1. The highest BCUT2D eigenvalue weighted by Gasteiger charge is 2.23. The van der Waals surface area contributed by atoms with E-state index in [0.29, 0.717) is 0 Å². The molecule has 1 aliphatic rings. The fourth-order valence-electron chi connectivity index (χ4n) is 2.73. The number of aryl methyl sites for hydroxylation is 1. The summed E-state index contributed by atoms with van der Waals surface area (Å²) in [6.45, 7) is 2.08. The van der Waals surface area contributed by atoms with Gasteiger partial charge in [0.25, 0.3) is 0 Å². The van der Waals surface area contributed by atoms with E-state index in [0.717, 1.165) is 27.8 Å². The van der Waals surface area contributed by atoms with Crippen LogP contribution in [-0.4, -0.2) is 14.8 Å². The molecule has 1 unspecified atom stereocenters. The van der Waals surface area contributed by atoms with Crippen LogP contribution in [0.15, 0.2) is 60.9 Å². The number of nitrogens with one attached hydrogen (secondary N) is 1. The van der Waals surface area contributed by atoms with Crippen LogP contribution in [0.3, 0.4) is 0 Å². The summed E-state index contributed by atoms with van der Waals surface area (Å²) >= 11 is 6.01. The van der Waals surface area contributed by atoms with Crippen LogP contribution in [-0.2, 0) is 0 Å². The predicted molar refractivity (Wildman–Crippen MR) is 92.4 cm³/mol. The van der Waals surface area contributed by atoms with Gasteiger partial charge in [0.2, 0.25) is 5.95 Å². The summed E-state index contributed by atoms with van der Waals surface area (Å²) in [5.41, 5.74) is 4.52. The molecule has 1 aromatic heterocycles. The molecule has 23 heavy (non-hydrogen) atoms. The molecular weight excluding hydrogens is 308 g/mol. The van der Waals surface area contributed by atoms with Gasteiger partial charge in [-0.15, -0.1) is 0 Å². The van der Waals surface area contributed by atoms with Gasteiger partial charge in [-0.1, -0.05) is 53.6 Å². The second-order valence-corrected chi connectivity index (χ2v) is 6.03. The van der Waals surface area contributed by atoms with Gasteiger partial charge >= 0.3 is 0 Å². The van der Waals surface area contributed by atoms with Crippen LogP contribution >= 0.6 is 11.6 Å². The van der Waals surface area contributed by atoms with Crippen LogP contribution in [0.4, 0.5) is 5.95 Å². The zero-order valence-electron chi connectivity index (χ0n) is 12.6. The molecule has 1 N–H and O–H groups in total. The lowest BCUT2D eigenvalue weighted by atomic mass is 10.0. The summed E-state index contributed by atoms with van der Waals surface area (Å²) in [4.78, 5) is 4.32. The van der Waals surface area contributed by atoms with E-state index in [2.05, 4.69) is 52.7 Å². The molecule has 3 aromatic rings. The molecule has 2 heterocycles. The fraction of sp³-hybridized carbons (Fsp3) is 0.111. The Bertz CT molecular complexity index is 863. The van der Waals surface area contributed by atoms with Gasteiger partial charge in [-0.3, -0.25) is 0 Å². The Labute approximate surface area is 139 Å². The van der Waals surface area contributed by atoms with Crippen molar-refractivity contribution in [1.29, 1.82) is 0 Å². The number of nitrogens with zero attached hydrogens (tertiary/aromatic N) is 3. The first-order chi connectivity index (χ1) is 11.2. The molecule has 0 fully saturated rings. The third-order valence-electron chi connectivity index (χ3n) is 3.98. The van der Waals surface area contributed by atoms with E-state index in [4.69, 9.17) is 11.6 Å². The zero-order chi connectivity index (χ0) is 15.8. The average Bonchev–Trinajstić information content (AvgIpc) is 3.04. The van der Waals surface area contributed by atoms with Gasteiger partial charge in [0.1, 0.15) is 12.4 Å². The van der Waals surface area contributed by atoms with Crippen molar-refractivity contribution in [3.8, 4) is 0 Å². The maximum atomic E-state index is 6.01. The van der Waals surface area contributed by atoms with Gasteiger partial charge in [-0.25, -0.2) is 4.68 Å². The van der Waals surface area contributed by atoms with Crippen LogP contribution in [0.2, 0.25) is 5.02 Å². The van der Waals surface area contributed by atoms with Crippen LogP contribution in [0.1, 0.15) is 22.7 Å². The molecule has 2 aromatic carbocycles. The number of fused-ring (bicyclic) bond motifs is 1. The first kappa shape index (κ1) is 14.0. The molecule has 4 rings (SSSR count). The standard InChI is InChI=1S/C18H15ClN4/c1-12-2-4-13(5-3-12)16-10-17(14-6-8-15(19)9-7-14)23-18(22-16)20-11-21-23/h2-11,17H,1H3,(H,20,21,22). The van der Waals surface area contributed by atoms with Gasteiger partial charge in [0.05, 0.1) is 0 Å². The third-order valence-corrected chi connectivity index (χ3v) is 4.23. The van der Waals surface area contributed by atoms with Crippen molar-refractivity contribution in [2.24, 2.45) is 0 Å². The maximum Gasteiger partial charge on any atom is 0.226 e. The van der Waals surface area contributed by atoms with E-state index in [1.807, 2.05) is 28.9 Å². The molecule has 4 nitrogen and oxygen atoms in total. The minimum absolute atomic E-state index is 0.0117. The third kappa shape index (κ3) is 2.62. The Balaban J connectivity index is 1.79. The minimum atomic E-state index is -0.0117.